The van der Waals surface area contributed by atoms with E-state index < -0.39 is 0 Å². The smallest absolute Gasteiger partial charge is 0 e. The molecule has 0 N–H and O–H groups in total. The van der Waals surface area contributed by atoms with Crippen LogP contribution in [0.1, 0.15) is 0 Å². The van der Waals surface area contributed by atoms with Crippen molar-refractivity contribution in [2.24, 2.45) is 0 Å². The maximum Gasteiger partial charge on any atom is 0 e. The Morgan fingerprint density at radius 1 is 1.00 bits per heavy atom. The van der Waals surface area contributed by atoms with Crippen LogP contribution in [-0.4, -0.2) is 51.2 Å². The summed E-state index contributed by atoms with van der Waals surface area (Å²) in [6, 6.07) is 0. The third-order valence-electron chi connectivity index (χ3n) is 0. The van der Waals surface area contributed by atoms with Gasteiger partial charge >= 0.3 is 51.2 Å². The SMILES string of the molecule is [La].[PbH2].[SnH4].[Zr]. The second-order valence-corrected chi connectivity index (χ2v) is 0. The van der Waals surface area contributed by atoms with Crippen LogP contribution in [0, 0.1) is 35.6 Å². The summed E-state index contributed by atoms with van der Waals surface area (Å²) in [7, 11) is 0. The van der Waals surface area contributed by atoms with Gasteiger partial charge in [0.15, 0.2) is 0 Å². The zero-order valence-corrected chi connectivity index (χ0v) is 13.4. The van der Waals surface area contributed by atoms with Crippen LogP contribution in [0.3, 0.4) is 0 Å². The Kier molecular flexibility index (Phi) is 98.9. The average molecular weight is 562 g/mol. The molecule has 4 heavy (non-hydrogen) atoms. The average Bonchev–Trinajstić information content (AvgIpc) is 0. The van der Waals surface area contributed by atoms with Gasteiger partial charge in [-0.05, 0) is 0 Å². The molecule has 0 aromatic carbocycles. The van der Waals surface area contributed by atoms with Gasteiger partial charge in [0.1, 0.15) is 0 Å². The van der Waals surface area contributed by atoms with Gasteiger partial charge in [-0.2, -0.15) is 0 Å². The summed E-state index contributed by atoms with van der Waals surface area (Å²) in [5.74, 6) is 0. The fourth-order valence-corrected chi connectivity index (χ4v) is 0. The monoisotopic (exact) mass is 563 g/mol. The van der Waals surface area contributed by atoms with E-state index in [4.69, 9.17) is 0 Å². The van der Waals surface area contributed by atoms with Crippen LogP contribution in [0.15, 0.2) is 0 Å². The van der Waals surface area contributed by atoms with E-state index in [1.807, 2.05) is 0 Å². The molecule has 0 saturated heterocycles. The first-order valence-corrected chi connectivity index (χ1v) is 0. The summed E-state index contributed by atoms with van der Waals surface area (Å²) in [5, 5.41) is 0. The molecule has 0 amide bonds. The first-order valence-electron chi connectivity index (χ1n) is 0. The van der Waals surface area contributed by atoms with Gasteiger partial charge in [-0.3, -0.25) is 0 Å². The largest absolute Gasteiger partial charge is 0 e. The molecular formula is H6LaPbSnZr. The first kappa shape index (κ1) is 25.0. The topological polar surface area (TPSA) is 0 Å². The maximum absolute atomic E-state index is 0. The Hall–Kier alpha value is 3.80. The Labute approximate surface area is 110 Å². The van der Waals surface area contributed by atoms with Crippen molar-refractivity contribution in [3.63, 3.8) is 0 Å². The molecule has 0 aliphatic heterocycles. The summed E-state index contributed by atoms with van der Waals surface area (Å²) in [5.41, 5.74) is 0. The second kappa shape index (κ2) is 15.8. The van der Waals surface area contributed by atoms with E-state index in [2.05, 4.69) is 0 Å². The van der Waals surface area contributed by atoms with Crippen molar-refractivity contribution < 1.29 is 61.8 Å². The minimum atomic E-state index is 0. The van der Waals surface area contributed by atoms with E-state index in [0.29, 0.717) is 0 Å². The fourth-order valence-electron chi connectivity index (χ4n) is 0. The van der Waals surface area contributed by atoms with Crippen LogP contribution in [-0.2, 0) is 26.2 Å². The van der Waals surface area contributed by atoms with Crippen molar-refractivity contribution in [1.29, 1.82) is 0 Å². The first-order chi connectivity index (χ1) is 0. The molecule has 0 aliphatic carbocycles. The standard InChI is InChI=1S/La.Pb.Sn.Zr.6H. The minimum absolute atomic E-state index is 0. The summed E-state index contributed by atoms with van der Waals surface area (Å²) >= 11 is 0. The van der Waals surface area contributed by atoms with Crippen LogP contribution in [0.4, 0.5) is 0 Å². The molecule has 0 rings (SSSR count). The summed E-state index contributed by atoms with van der Waals surface area (Å²) in [6.07, 6.45) is 0. The normalized spacial score (nSPS) is 0. The van der Waals surface area contributed by atoms with Crippen LogP contribution in [0.25, 0.3) is 0 Å². The minimum Gasteiger partial charge on any atom is 0 e. The van der Waals surface area contributed by atoms with Crippen molar-refractivity contribution >= 4 is 51.2 Å². The van der Waals surface area contributed by atoms with Gasteiger partial charge in [0, 0.05) is 61.8 Å². The van der Waals surface area contributed by atoms with Gasteiger partial charge in [-0.1, -0.05) is 0 Å². The van der Waals surface area contributed by atoms with Crippen LogP contribution < -0.4 is 0 Å². The molecule has 3 radical (unpaired) electrons. The van der Waals surface area contributed by atoms with Gasteiger partial charge in [0.25, 0.3) is 0 Å². The zero-order valence-electron chi connectivity index (χ0n) is 1.78. The van der Waals surface area contributed by atoms with Crippen molar-refractivity contribution in [2.75, 3.05) is 0 Å². The van der Waals surface area contributed by atoms with Crippen molar-refractivity contribution in [3.8, 4) is 0 Å². The van der Waals surface area contributed by atoms with E-state index in [9.17, 15) is 0 Å². The number of hydrogen-bond donors (Lipinski definition) is 0. The Morgan fingerprint density at radius 3 is 1.00 bits per heavy atom. The van der Waals surface area contributed by atoms with Crippen molar-refractivity contribution in [1.82, 2.24) is 0 Å². The van der Waals surface area contributed by atoms with Crippen LogP contribution >= 0.6 is 0 Å². The second-order valence-electron chi connectivity index (χ2n) is 0. The van der Waals surface area contributed by atoms with Gasteiger partial charge < -0.3 is 0 Å². The molecule has 0 heterocycles. The molecular weight excluding hydrogens is 556 g/mol. The Morgan fingerprint density at radius 2 is 1.00 bits per heavy atom. The molecule has 21 valence electrons. The van der Waals surface area contributed by atoms with Crippen LogP contribution in [0.5, 0.6) is 0 Å². The molecule has 0 aliphatic rings. The third kappa shape index (κ3) is 9.25. The molecule has 0 saturated carbocycles. The predicted octanol–water partition coefficient (Wildman–Crippen LogP) is -2.37. The van der Waals surface area contributed by atoms with E-state index in [0.717, 1.165) is 0 Å². The molecule has 0 unspecified atom stereocenters. The molecule has 0 fully saturated rings. The Bertz CT molecular complexity index is 8.00. The zero-order chi connectivity index (χ0) is 0. The number of rotatable bonds is 0. The maximum atomic E-state index is 0. The quantitative estimate of drug-likeness (QED) is 0.290. The molecule has 0 aromatic rings. The molecule has 0 nitrogen and oxygen atoms in total. The van der Waals surface area contributed by atoms with E-state index >= 15 is 0 Å². The van der Waals surface area contributed by atoms with Crippen LogP contribution in [0.2, 0.25) is 0 Å². The molecule has 0 bridgehead atoms. The molecule has 4 heteroatoms. The Balaban J connectivity index is 0. The van der Waals surface area contributed by atoms with Gasteiger partial charge in [-0.15, -0.1) is 0 Å². The summed E-state index contributed by atoms with van der Waals surface area (Å²) in [6.45, 7) is 0. The van der Waals surface area contributed by atoms with E-state index in [1.165, 1.54) is 0 Å². The number of hydrogen-bond acceptors (Lipinski definition) is 0. The molecule has 0 spiro atoms. The van der Waals surface area contributed by atoms with Gasteiger partial charge in [0.2, 0.25) is 0 Å². The fraction of sp³-hybridized carbons (Fsp3) is 0. The van der Waals surface area contributed by atoms with Crippen molar-refractivity contribution in [2.45, 2.75) is 0 Å². The van der Waals surface area contributed by atoms with Gasteiger partial charge in [-0.25, -0.2) is 0 Å². The van der Waals surface area contributed by atoms with E-state index in [-0.39, 0.29) is 113 Å². The summed E-state index contributed by atoms with van der Waals surface area (Å²) in [4.78, 5) is 0. The van der Waals surface area contributed by atoms with Crippen molar-refractivity contribution in [3.05, 3.63) is 0 Å². The van der Waals surface area contributed by atoms with Gasteiger partial charge in [0.05, 0.1) is 0 Å². The molecule has 0 aromatic heterocycles. The third-order valence-corrected chi connectivity index (χ3v) is 0. The predicted molar refractivity (Wildman–Crippen MR) is 19.9 cm³/mol. The molecule has 0 atom stereocenters. The van der Waals surface area contributed by atoms with E-state index in [1.54, 1.807) is 0 Å². The summed E-state index contributed by atoms with van der Waals surface area (Å²) < 4.78 is 0.